The molecule has 0 bridgehead atoms. The third-order valence-electron chi connectivity index (χ3n) is 4.84. The van der Waals surface area contributed by atoms with Gasteiger partial charge in [0.2, 0.25) is 0 Å². The molecule has 0 aromatic heterocycles. The molecule has 2 N–H and O–H groups in total. The van der Waals surface area contributed by atoms with Crippen LogP contribution in [0.15, 0.2) is 48.5 Å². The van der Waals surface area contributed by atoms with Gasteiger partial charge < -0.3 is 15.4 Å². The molecule has 5 heteroatoms. The van der Waals surface area contributed by atoms with Crippen LogP contribution in [0.5, 0.6) is 5.75 Å². The van der Waals surface area contributed by atoms with Crippen LogP contribution in [0.2, 0.25) is 0 Å². The number of ether oxygens (including phenoxy) is 1. The number of carbonyl (C=O) groups is 2. The van der Waals surface area contributed by atoms with E-state index in [0.717, 1.165) is 18.4 Å². The monoisotopic (exact) mass is 352 g/mol. The van der Waals surface area contributed by atoms with Gasteiger partial charge in [-0.2, -0.15) is 0 Å². The van der Waals surface area contributed by atoms with Crippen LogP contribution in [0, 0.1) is 5.92 Å². The van der Waals surface area contributed by atoms with Crippen molar-refractivity contribution in [3.8, 4) is 5.75 Å². The molecule has 0 radical (unpaired) electrons. The number of fused-ring (bicyclic) bond motifs is 1. The summed E-state index contributed by atoms with van der Waals surface area (Å²) >= 11 is 0. The summed E-state index contributed by atoms with van der Waals surface area (Å²) in [5.74, 6) is 0.561. The molecule has 0 saturated carbocycles. The van der Waals surface area contributed by atoms with Gasteiger partial charge >= 0.3 is 0 Å². The summed E-state index contributed by atoms with van der Waals surface area (Å²) in [6.07, 6.45) is 1.95. The van der Waals surface area contributed by atoms with Gasteiger partial charge in [0.05, 0.1) is 11.7 Å². The second-order valence-corrected chi connectivity index (χ2v) is 6.49. The summed E-state index contributed by atoms with van der Waals surface area (Å²) in [6.45, 7) is 4.29. The van der Waals surface area contributed by atoms with E-state index in [4.69, 9.17) is 4.74 Å². The first kappa shape index (κ1) is 18.0. The number of anilines is 1. The number of hydrogen-bond acceptors (Lipinski definition) is 3. The highest BCUT2D eigenvalue weighted by molar-refractivity contribution is 6.00. The molecule has 3 rings (SSSR count). The Morgan fingerprint density at radius 1 is 1.15 bits per heavy atom. The number of rotatable bonds is 6. The van der Waals surface area contributed by atoms with Crippen LogP contribution in [0.1, 0.15) is 48.7 Å². The third kappa shape index (κ3) is 3.87. The van der Waals surface area contributed by atoms with Crippen LogP contribution < -0.4 is 15.4 Å². The van der Waals surface area contributed by atoms with E-state index in [1.54, 1.807) is 18.2 Å². The predicted molar refractivity (Wildman–Crippen MR) is 101 cm³/mol. The Balaban J connectivity index is 1.84. The Hall–Kier alpha value is -2.82. The maximum atomic E-state index is 12.9. The Morgan fingerprint density at radius 3 is 2.58 bits per heavy atom. The first-order valence-corrected chi connectivity index (χ1v) is 9.04. The number of nitrogens with one attached hydrogen (secondary N) is 2. The first-order chi connectivity index (χ1) is 12.6. The molecule has 5 nitrogen and oxygen atoms in total. The second-order valence-electron chi connectivity index (χ2n) is 6.49. The molecule has 1 aliphatic rings. The van der Waals surface area contributed by atoms with Crippen molar-refractivity contribution in [2.45, 2.75) is 32.7 Å². The van der Waals surface area contributed by atoms with Gasteiger partial charge in [0.25, 0.3) is 11.8 Å². The van der Waals surface area contributed by atoms with E-state index >= 15 is 0 Å². The summed E-state index contributed by atoms with van der Waals surface area (Å²) in [5, 5.41) is 5.92. The van der Waals surface area contributed by atoms with E-state index in [1.807, 2.05) is 30.3 Å². The van der Waals surface area contributed by atoms with Crippen LogP contribution in [0.25, 0.3) is 0 Å². The summed E-state index contributed by atoms with van der Waals surface area (Å²) in [5.41, 5.74) is 2.14. The molecule has 2 amide bonds. The largest absolute Gasteiger partial charge is 0.482 e. The molecule has 2 aromatic carbocycles. The molecular formula is C21H24N2O3. The normalized spacial score (nSPS) is 14.2. The topological polar surface area (TPSA) is 67.4 Å². The zero-order chi connectivity index (χ0) is 18.5. The lowest BCUT2D eigenvalue weighted by molar-refractivity contribution is -0.118. The molecule has 136 valence electrons. The average Bonchev–Trinajstić information content (AvgIpc) is 2.68. The average molecular weight is 352 g/mol. The maximum absolute atomic E-state index is 12.9. The lowest BCUT2D eigenvalue weighted by Gasteiger charge is -2.27. The van der Waals surface area contributed by atoms with Crippen LogP contribution in [-0.2, 0) is 4.79 Å². The molecule has 1 unspecified atom stereocenters. The highest BCUT2D eigenvalue weighted by Crippen LogP contribution is 2.30. The fourth-order valence-corrected chi connectivity index (χ4v) is 3.34. The summed E-state index contributed by atoms with van der Waals surface area (Å²) < 4.78 is 5.35. The second kappa shape index (κ2) is 8.04. The van der Waals surface area contributed by atoms with Gasteiger partial charge in [0.15, 0.2) is 6.61 Å². The predicted octanol–water partition coefficient (Wildman–Crippen LogP) is 3.92. The molecule has 1 aliphatic heterocycles. The Bertz CT molecular complexity index is 785. The molecule has 0 saturated heterocycles. The van der Waals surface area contributed by atoms with Crippen LogP contribution in [0.3, 0.4) is 0 Å². The number of carbonyl (C=O) groups excluding carboxylic acids is 2. The lowest BCUT2D eigenvalue weighted by Crippen LogP contribution is -2.33. The van der Waals surface area contributed by atoms with Gasteiger partial charge in [0.1, 0.15) is 5.75 Å². The van der Waals surface area contributed by atoms with E-state index in [2.05, 4.69) is 24.5 Å². The van der Waals surface area contributed by atoms with Gasteiger partial charge in [-0.1, -0.05) is 57.0 Å². The number of hydrogen-bond donors (Lipinski definition) is 2. The smallest absolute Gasteiger partial charge is 0.262 e. The van der Waals surface area contributed by atoms with Crippen molar-refractivity contribution in [1.82, 2.24) is 5.32 Å². The van der Waals surface area contributed by atoms with Crippen LogP contribution >= 0.6 is 0 Å². The summed E-state index contributed by atoms with van der Waals surface area (Å²) in [4.78, 5) is 24.4. The van der Waals surface area contributed by atoms with Crippen LogP contribution in [-0.4, -0.2) is 18.4 Å². The quantitative estimate of drug-likeness (QED) is 0.828. The first-order valence-electron chi connectivity index (χ1n) is 9.04. The molecule has 1 heterocycles. The minimum absolute atomic E-state index is 0.00328. The van der Waals surface area contributed by atoms with Crippen molar-refractivity contribution in [3.05, 3.63) is 59.7 Å². The number of benzene rings is 2. The fraction of sp³-hybridized carbons (Fsp3) is 0.333. The number of amides is 2. The van der Waals surface area contributed by atoms with Gasteiger partial charge in [0, 0.05) is 5.56 Å². The van der Waals surface area contributed by atoms with E-state index in [0.29, 0.717) is 22.9 Å². The van der Waals surface area contributed by atoms with E-state index in [1.165, 1.54) is 0 Å². The molecule has 1 atom stereocenters. The molecule has 0 spiro atoms. The van der Waals surface area contributed by atoms with Gasteiger partial charge in [-0.25, -0.2) is 0 Å². The Morgan fingerprint density at radius 2 is 1.88 bits per heavy atom. The van der Waals surface area contributed by atoms with Crippen molar-refractivity contribution in [2.75, 3.05) is 11.9 Å². The summed E-state index contributed by atoms with van der Waals surface area (Å²) in [7, 11) is 0. The van der Waals surface area contributed by atoms with E-state index < -0.39 is 0 Å². The zero-order valence-electron chi connectivity index (χ0n) is 15.1. The standard InChI is InChI=1S/C21H24N2O3/c1-3-14(4-2)20(15-8-6-5-7-9-15)23-21(25)16-10-11-18-17(12-16)22-19(24)13-26-18/h5-12,14,20H,3-4,13H2,1-2H3,(H,22,24)(H,23,25). The van der Waals surface area contributed by atoms with Crippen molar-refractivity contribution in [2.24, 2.45) is 5.92 Å². The summed E-state index contributed by atoms with van der Waals surface area (Å²) in [6, 6.07) is 15.1. The molecular weight excluding hydrogens is 328 g/mol. The molecule has 0 aliphatic carbocycles. The van der Waals surface area contributed by atoms with Crippen LogP contribution in [0.4, 0.5) is 5.69 Å². The van der Waals surface area contributed by atoms with E-state index in [-0.39, 0.29) is 24.5 Å². The minimum atomic E-state index is -0.214. The van der Waals surface area contributed by atoms with Gasteiger partial charge in [-0.05, 0) is 29.7 Å². The Labute approximate surface area is 153 Å². The molecule has 26 heavy (non-hydrogen) atoms. The van der Waals surface area contributed by atoms with Gasteiger partial charge in [-0.3, -0.25) is 9.59 Å². The van der Waals surface area contributed by atoms with Crippen molar-refractivity contribution < 1.29 is 14.3 Å². The van der Waals surface area contributed by atoms with Gasteiger partial charge in [-0.15, -0.1) is 0 Å². The highest BCUT2D eigenvalue weighted by Gasteiger charge is 2.24. The SMILES string of the molecule is CCC(CC)C(NC(=O)c1ccc2c(c1)NC(=O)CO2)c1ccccc1. The minimum Gasteiger partial charge on any atom is -0.482 e. The maximum Gasteiger partial charge on any atom is 0.262 e. The molecule has 2 aromatic rings. The molecule has 0 fully saturated rings. The van der Waals surface area contributed by atoms with Crippen molar-refractivity contribution in [3.63, 3.8) is 0 Å². The fourth-order valence-electron chi connectivity index (χ4n) is 3.34. The Kier molecular flexibility index (Phi) is 5.56. The highest BCUT2D eigenvalue weighted by atomic mass is 16.5. The lowest BCUT2D eigenvalue weighted by atomic mass is 9.88. The third-order valence-corrected chi connectivity index (χ3v) is 4.84. The zero-order valence-corrected chi connectivity index (χ0v) is 15.1. The van der Waals surface area contributed by atoms with E-state index in [9.17, 15) is 9.59 Å². The van der Waals surface area contributed by atoms with Crippen molar-refractivity contribution >= 4 is 17.5 Å². The van der Waals surface area contributed by atoms with Crippen molar-refractivity contribution in [1.29, 1.82) is 0 Å².